The average molecular weight is 407 g/mol. The summed E-state index contributed by atoms with van der Waals surface area (Å²) < 4.78 is 5.38. The van der Waals surface area contributed by atoms with Crippen molar-refractivity contribution in [3.63, 3.8) is 0 Å². The minimum atomic E-state index is -0.489. The zero-order chi connectivity index (χ0) is 20.9. The Morgan fingerprint density at radius 3 is 2.50 bits per heavy atom. The van der Waals surface area contributed by atoms with Crippen LogP contribution in [0.15, 0.2) is 42.6 Å². The third-order valence-corrected chi connectivity index (χ3v) is 5.27. The van der Waals surface area contributed by atoms with E-state index in [1.54, 1.807) is 12.1 Å². The van der Waals surface area contributed by atoms with Gasteiger partial charge in [0, 0.05) is 25.7 Å². The molecule has 0 spiro atoms. The van der Waals surface area contributed by atoms with Crippen molar-refractivity contribution in [1.82, 2.24) is 15.2 Å². The smallest absolute Gasteiger partial charge is 0.252 e. The second-order valence-corrected chi connectivity index (χ2v) is 7.36. The highest BCUT2D eigenvalue weighted by Crippen LogP contribution is 2.20. The van der Waals surface area contributed by atoms with Gasteiger partial charge in [-0.05, 0) is 42.2 Å². The minimum Gasteiger partial charge on any atom is -0.508 e. The number of hydrogen-bond acceptors (Lipinski definition) is 6. The zero-order valence-corrected chi connectivity index (χ0v) is 16.7. The van der Waals surface area contributed by atoms with Crippen molar-refractivity contribution < 1.29 is 14.6 Å². The molecule has 0 saturated carbocycles. The number of nitrogens with zero attached hydrogens (tertiary/aromatic N) is 3. The first-order valence-electron chi connectivity index (χ1n) is 10.0. The Kier molecular flexibility index (Phi) is 5.94. The summed E-state index contributed by atoms with van der Waals surface area (Å²) >= 11 is 0. The van der Waals surface area contributed by atoms with E-state index in [9.17, 15) is 9.90 Å². The number of H-pyrrole nitrogens is 1. The topological polar surface area (TPSA) is 117 Å². The van der Waals surface area contributed by atoms with E-state index in [1.165, 1.54) is 0 Å². The summed E-state index contributed by atoms with van der Waals surface area (Å²) in [5, 5.41) is 16.7. The number of ether oxygens (including phenoxy) is 1. The fourth-order valence-electron chi connectivity index (χ4n) is 3.65. The molecule has 0 bridgehead atoms. The number of primary amides is 1. The Balaban J connectivity index is 1.46. The molecule has 4 N–H and O–H groups in total. The summed E-state index contributed by atoms with van der Waals surface area (Å²) in [5.41, 5.74) is 9.49. The van der Waals surface area contributed by atoms with Gasteiger partial charge < -0.3 is 20.5 Å². The lowest BCUT2D eigenvalue weighted by molar-refractivity contribution is 0.0998. The van der Waals surface area contributed by atoms with Crippen LogP contribution in [-0.2, 0) is 24.0 Å². The van der Waals surface area contributed by atoms with E-state index in [0.717, 1.165) is 30.0 Å². The van der Waals surface area contributed by atoms with E-state index in [2.05, 4.69) is 20.1 Å². The van der Waals surface area contributed by atoms with Gasteiger partial charge in [-0.1, -0.05) is 18.2 Å². The molecule has 0 radical (unpaired) electrons. The molecule has 156 valence electrons. The molecule has 1 saturated heterocycles. The van der Waals surface area contributed by atoms with Crippen molar-refractivity contribution in [2.75, 3.05) is 31.2 Å². The van der Waals surface area contributed by atoms with Gasteiger partial charge in [-0.2, -0.15) is 5.10 Å². The predicted octanol–water partition coefficient (Wildman–Crippen LogP) is 1.82. The van der Waals surface area contributed by atoms with E-state index in [4.69, 9.17) is 10.5 Å². The molecule has 1 aromatic carbocycles. The number of aromatic nitrogens is 3. The molecule has 30 heavy (non-hydrogen) atoms. The van der Waals surface area contributed by atoms with Crippen LogP contribution < -0.4 is 10.6 Å². The first kappa shape index (κ1) is 19.9. The van der Waals surface area contributed by atoms with Crippen LogP contribution in [0.25, 0.3) is 0 Å². The molecule has 0 atom stereocenters. The number of aryl methyl sites for hydroxylation is 2. The number of nitrogens with one attached hydrogen (secondary N) is 1. The minimum absolute atomic E-state index is 0.229. The van der Waals surface area contributed by atoms with E-state index in [1.807, 2.05) is 30.5 Å². The lowest BCUT2D eigenvalue weighted by atomic mass is 10.0. The summed E-state index contributed by atoms with van der Waals surface area (Å²) in [5.74, 6) is 0.667. The monoisotopic (exact) mass is 407 g/mol. The van der Waals surface area contributed by atoms with Crippen LogP contribution in [0.3, 0.4) is 0 Å². The first-order chi connectivity index (χ1) is 14.6. The molecule has 8 nitrogen and oxygen atoms in total. The van der Waals surface area contributed by atoms with Gasteiger partial charge in [-0.25, -0.2) is 4.98 Å². The Morgan fingerprint density at radius 2 is 1.83 bits per heavy atom. The van der Waals surface area contributed by atoms with E-state index in [0.29, 0.717) is 49.4 Å². The van der Waals surface area contributed by atoms with Gasteiger partial charge in [-0.3, -0.25) is 9.89 Å². The number of benzene rings is 1. The molecule has 1 fully saturated rings. The van der Waals surface area contributed by atoms with Crippen molar-refractivity contribution in [1.29, 1.82) is 0 Å². The number of anilines is 1. The Morgan fingerprint density at radius 1 is 1.10 bits per heavy atom. The molecule has 3 aromatic rings. The number of pyridine rings is 1. The Labute approximate surface area is 174 Å². The quantitative estimate of drug-likeness (QED) is 0.550. The largest absolute Gasteiger partial charge is 0.508 e. The maximum atomic E-state index is 12.1. The normalized spacial score (nSPS) is 14.1. The number of amides is 1. The molecule has 4 rings (SSSR count). The highest BCUT2D eigenvalue weighted by atomic mass is 16.5. The summed E-state index contributed by atoms with van der Waals surface area (Å²) in [4.78, 5) is 18.9. The van der Waals surface area contributed by atoms with Crippen molar-refractivity contribution in [3.05, 3.63) is 70.7 Å². The van der Waals surface area contributed by atoms with Crippen molar-refractivity contribution in [2.24, 2.45) is 5.73 Å². The van der Waals surface area contributed by atoms with Gasteiger partial charge in [0.15, 0.2) is 0 Å². The van der Waals surface area contributed by atoms with Crippen molar-refractivity contribution >= 4 is 11.7 Å². The molecule has 3 heterocycles. The van der Waals surface area contributed by atoms with E-state index < -0.39 is 5.91 Å². The molecular formula is C22H25N5O3. The molecule has 1 amide bonds. The van der Waals surface area contributed by atoms with Gasteiger partial charge in [0.05, 0.1) is 30.2 Å². The van der Waals surface area contributed by atoms with Crippen LogP contribution in [0.5, 0.6) is 5.75 Å². The van der Waals surface area contributed by atoms with Gasteiger partial charge >= 0.3 is 0 Å². The predicted molar refractivity (Wildman–Crippen MR) is 113 cm³/mol. The number of phenols is 1. The summed E-state index contributed by atoms with van der Waals surface area (Å²) in [6.07, 6.45) is 3.60. The van der Waals surface area contributed by atoms with Gasteiger partial charge in [-0.15, -0.1) is 0 Å². The lowest BCUT2D eigenvalue weighted by Gasteiger charge is -2.27. The van der Waals surface area contributed by atoms with Crippen LogP contribution in [-0.4, -0.2) is 52.5 Å². The first-order valence-corrected chi connectivity index (χ1v) is 10.0. The molecule has 0 aliphatic carbocycles. The fourth-order valence-corrected chi connectivity index (χ4v) is 3.65. The molecule has 1 aliphatic rings. The highest BCUT2D eigenvalue weighted by Gasteiger charge is 2.19. The number of aromatic hydroxyl groups is 1. The number of rotatable bonds is 7. The van der Waals surface area contributed by atoms with Crippen LogP contribution in [0.1, 0.15) is 32.9 Å². The SMILES string of the molecule is NC(=O)c1c(CCc2ccc(O)cc2)n[nH]c1Cc1ccc(N2CCOCC2)nc1. The van der Waals surface area contributed by atoms with Crippen molar-refractivity contribution in [3.8, 4) is 5.75 Å². The maximum absolute atomic E-state index is 12.1. The molecule has 8 heteroatoms. The molecule has 0 unspecified atom stereocenters. The Bertz CT molecular complexity index is 993. The third-order valence-electron chi connectivity index (χ3n) is 5.27. The molecular weight excluding hydrogens is 382 g/mol. The maximum Gasteiger partial charge on any atom is 0.252 e. The second-order valence-electron chi connectivity index (χ2n) is 7.36. The second kappa shape index (κ2) is 8.96. The van der Waals surface area contributed by atoms with Crippen LogP contribution in [0, 0.1) is 0 Å². The number of aromatic amines is 1. The third kappa shape index (κ3) is 4.60. The van der Waals surface area contributed by atoms with Gasteiger partial charge in [0.1, 0.15) is 11.6 Å². The van der Waals surface area contributed by atoms with E-state index in [-0.39, 0.29) is 5.75 Å². The zero-order valence-electron chi connectivity index (χ0n) is 16.7. The number of carbonyl (C=O) groups is 1. The van der Waals surface area contributed by atoms with Crippen LogP contribution in [0.4, 0.5) is 5.82 Å². The van der Waals surface area contributed by atoms with E-state index >= 15 is 0 Å². The molecule has 1 aliphatic heterocycles. The number of morpholine rings is 1. The van der Waals surface area contributed by atoms with Gasteiger partial charge in [0.25, 0.3) is 5.91 Å². The van der Waals surface area contributed by atoms with Crippen LogP contribution >= 0.6 is 0 Å². The number of nitrogens with two attached hydrogens (primary N) is 1. The summed E-state index contributed by atoms with van der Waals surface area (Å²) in [6, 6.07) is 11.0. The summed E-state index contributed by atoms with van der Waals surface area (Å²) in [7, 11) is 0. The lowest BCUT2D eigenvalue weighted by Crippen LogP contribution is -2.36. The van der Waals surface area contributed by atoms with Crippen LogP contribution in [0.2, 0.25) is 0 Å². The molecule has 2 aromatic heterocycles. The average Bonchev–Trinajstić information content (AvgIpc) is 3.17. The number of carbonyl (C=O) groups excluding carboxylic acids is 1. The standard InChI is InChI=1S/C22H25N5O3/c23-22(29)21-18(7-3-15-1-5-17(28)6-2-15)25-26-19(21)13-16-4-8-20(24-14-16)27-9-11-30-12-10-27/h1-2,4-6,8,14,28H,3,7,9-13H2,(H2,23,29)(H,25,26). The number of phenolic OH excluding ortho intramolecular Hbond substituents is 1. The van der Waals surface area contributed by atoms with Gasteiger partial charge in [0.2, 0.25) is 0 Å². The highest BCUT2D eigenvalue weighted by molar-refractivity contribution is 5.95. The summed E-state index contributed by atoms with van der Waals surface area (Å²) in [6.45, 7) is 3.10. The fraction of sp³-hybridized carbons (Fsp3) is 0.318. The number of hydrogen-bond donors (Lipinski definition) is 3. The Hall–Kier alpha value is -3.39. The van der Waals surface area contributed by atoms with Crippen molar-refractivity contribution in [2.45, 2.75) is 19.3 Å².